The molecule has 1 saturated heterocycles. The van der Waals surface area contributed by atoms with Crippen LogP contribution in [0.15, 0.2) is 30.3 Å². The zero-order valence-corrected chi connectivity index (χ0v) is 19.6. The minimum atomic E-state index is -0.131. The summed E-state index contributed by atoms with van der Waals surface area (Å²) in [6, 6.07) is 9.95. The lowest BCUT2D eigenvalue weighted by Gasteiger charge is -2.29. The first-order chi connectivity index (χ1) is 16.7. The summed E-state index contributed by atoms with van der Waals surface area (Å²) >= 11 is 0. The average Bonchev–Trinajstić information content (AvgIpc) is 3.47. The Morgan fingerprint density at radius 2 is 1.85 bits per heavy atom. The molecular formula is C27H32N4O3. The van der Waals surface area contributed by atoms with Gasteiger partial charge in [0, 0.05) is 49.0 Å². The summed E-state index contributed by atoms with van der Waals surface area (Å²) in [5.74, 6) is 0.533. The first kappa shape index (κ1) is 21.5. The third kappa shape index (κ3) is 4.02. The Kier molecular flexibility index (Phi) is 5.65. The van der Waals surface area contributed by atoms with Crippen molar-refractivity contribution >= 4 is 22.5 Å². The average molecular weight is 461 g/mol. The van der Waals surface area contributed by atoms with E-state index in [2.05, 4.69) is 33.3 Å². The van der Waals surface area contributed by atoms with E-state index in [-0.39, 0.29) is 11.7 Å². The van der Waals surface area contributed by atoms with Gasteiger partial charge in [0.05, 0.1) is 24.3 Å². The number of fused-ring (bicyclic) bond motifs is 2. The molecule has 0 radical (unpaired) electrons. The number of phenols is 1. The van der Waals surface area contributed by atoms with E-state index in [9.17, 15) is 9.90 Å². The van der Waals surface area contributed by atoms with Crippen LogP contribution in [0.1, 0.15) is 59.3 Å². The molecule has 7 heteroatoms. The summed E-state index contributed by atoms with van der Waals surface area (Å²) in [5.41, 5.74) is 5.70. The third-order valence-electron chi connectivity index (χ3n) is 7.77. The van der Waals surface area contributed by atoms with E-state index in [0.29, 0.717) is 24.6 Å². The number of aromatic nitrogens is 2. The van der Waals surface area contributed by atoms with Gasteiger partial charge in [-0.05, 0) is 41.7 Å². The van der Waals surface area contributed by atoms with Crippen LogP contribution in [0.2, 0.25) is 0 Å². The van der Waals surface area contributed by atoms with Crippen molar-refractivity contribution in [3.63, 3.8) is 0 Å². The number of rotatable bonds is 4. The minimum absolute atomic E-state index is 0.00169. The van der Waals surface area contributed by atoms with Crippen molar-refractivity contribution in [2.45, 2.75) is 51.6 Å². The molecule has 6 rings (SSSR count). The molecule has 1 aliphatic carbocycles. The highest BCUT2D eigenvalue weighted by atomic mass is 16.5. The molecule has 1 aromatic heterocycles. The third-order valence-corrected chi connectivity index (χ3v) is 7.77. The standard InChI is InChI=1S/C27H32N4O3/c32-26-15-25-22(24(28-29-25)12-18-4-2-1-3-5-18)14-23(26)27(33)31-16-19-6-7-21(13-20(19)17-31)30-8-10-34-11-9-30/h6-7,13-15,18,32H,1-5,8-12,16-17H2,(H,28,29). The molecule has 2 N–H and O–H groups in total. The number of hydrogen-bond donors (Lipinski definition) is 2. The number of nitrogens with one attached hydrogen (secondary N) is 1. The number of nitrogens with zero attached hydrogens (tertiary/aromatic N) is 3. The molecule has 0 bridgehead atoms. The maximum atomic E-state index is 13.5. The van der Waals surface area contributed by atoms with Crippen LogP contribution >= 0.6 is 0 Å². The Labute approximate surface area is 199 Å². The molecule has 178 valence electrons. The molecule has 0 unspecified atom stereocenters. The number of benzene rings is 2. The quantitative estimate of drug-likeness (QED) is 0.604. The lowest BCUT2D eigenvalue weighted by atomic mass is 9.85. The Balaban J connectivity index is 1.22. The predicted molar refractivity (Wildman–Crippen MR) is 131 cm³/mol. The van der Waals surface area contributed by atoms with Crippen molar-refractivity contribution in [3.05, 3.63) is 52.7 Å². The van der Waals surface area contributed by atoms with Gasteiger partial charge >= 0.3 is 0 Å². The van der Waals surface area contributed by atoms with Gasteiger partial charge in [0.1, 0.15) is 5.75 Å². The van der Waals surface area contributed by atoms with Gasteiger partial charge in [0.2, 0.25) is 0 Å². The topological polar surface area (TPSA) is 81.7 Å². The lowest BCUT2D eigenvalue weighted by molar-refractivity contribution is 0.0748. The van der Waals surface area contributed by atoms with Crippen LogP contribution in [-0.4, -0.2) is 52.4 Å². The van der Waals surface area contributed by atoms with Gasteiger partial charge < -0.3 is 19.6 Å². The van der Waals surface area contributed by atoms with E-state index in [1.807, 2.05) is 11.0 Å². The number of H-pyrrole nitrogens is 1. The number of hydrogen-bond acceptors (Lipinski definition) is 5. The fraction of sp³-hybridized carbons (Fsp3) is 0.481. The van der Waals surface area contributed by atoms with Crippen LogP contribution < -0.4 is 4.90 Å². The zero-order chi connectivity index (χ0) is 23.1. The summed E-state index contributed by atoms with van der Waals surface area (Å²) < 4.78 is 5.47. The van der Waals surface area contributed by atoms with Crippen molar-refractivity contribution in [2.24, 2.45) is 5.92 Å². The fourth-order valence-electron chi connectivity index (χ4n) is 5.82. The minimum Gasteiger partial charge on any atom is -0.507 e. The number of morpholine rings is 1. The normalized spacial score (nSPS) is 19.1. The number of ether oxygens (including phenoxy) is 1. The van der Waals surface area contributed by atoms with Crippen LogP contribution in [0, 0.1) is 5.92 Å². The molecule has 0 spiro atoms. The number of anilines is 1. The predicted octanol–water partition coefficient (Wildman–Crippen LogP) is 4.38. The Morgan fingerprint density at radius 1 is 1.06 bits per heavy atom. The number of aromatic hydroxyl groups is 1. The van der Waals surface area contributed by atoms with Gasteiger partial charge in [-0.2, -0.15) is 5.10 Å². The van der Waals surface area contributed by atoms with Crippen LogP contribution in [0.3, 0.4) is 0 Å². The van der Waals surface area contributed by atoms with Crippen molar-refractivity contribution in [1.82, 2.24) is 15.1 Å². The van der Waals surface area contributed by atoms with E-state index < -0.39 is 0 Å². The first-order valence-electron chi connectivity index (χ1n) is 12.6. The molecule has 3 aliphatic rings. The molecule has 3 heterocycles. The first-order valence-corrected chi connectivity index (χ1v) is 12.6. The summed E-state index contributed by atoms with van der Waals surface area (Å²) in [6.45, 7) is 4.41. The molecule has 7 nitrogen and oxygen atoms in total. The van der Waals surface area contributed by atoms with Gasteiger partial charge in [-0.25, -0.2) is 0 Å². The molecule has 2 aromatic carbocycles. The number of carbonyl (C=O) groups excluding carboxylic acids is 1. The SMILES string of the molecule is O=C(c1cc2c(CC3CCCCC3)[nH]nc2cc1O)N1Cc2ccc(N3CCOCC3)cc2C1. The Hall–Kier alpha value is -3.06. The molecular weight excluding hydrogens is 428 g/mol. The Bertz CT molecular complexity index is 1210. The van der Waals surface area contributed by atoms with E-state index in [1.54, 1.807) is 6.07 Å². The van der Waals surface area contributed by atoms with Crippen molar-refractivity contribution in [1.29, 1.82) is 0 Å². The highest BCUT2D eigenvalue weighted by Gasteiger charge is 2.28. The molecule has 1 amide bonds. The van der Waals surface area contributed by atoms with E-state index in [0.717, 1.165) is 49.3 Å². The van der Waals surface area contributed by atoms with Gasteiger partial charge in [-0.15, -0.1) is 0 Å². The number of aromatic amines is 1. The maximum Gasteiger partial charge on any atom is 0.258 e. The molecule has 34 heavy (non-hydrogen) atoms. The second kappa shape index (κ2) is 8.95. The summed E-state index contributed by atoms with van der Waals surface area (Å²) in [7, 11) is 0. The van der Waals surface area contributed by atoms with Gasteiger partial charge in [0.15, 0.2) is 0 Å². The second-order valence-electron chi connectivity index (χ2n) is 10.0. The molecule has 0 atom stereocenters. The van der Waals surface area contributed by atoms with Crippen LogP contribution in [-0.2, 0) is 24.2 Å². The summed E-state index contributed by atoms with van der Waals surface area (Å²) in [5, 5.41) is 19.2. The molecule has 1 saturated carbocycles. The number of amides is 1. The second-order valence-corrected chi connectivity index (χ2v) is 10.0. The molecule has 3 aromatic rings. The smallest absolute Gasteiger partial charge is 0.258 e. The van der Waals surface area contributed by atoms with Gasteiger partial charge in [-0.1, -0.05) is 38.2 Å². The zero-order valence-electron chi connectivity index (χ0n) is 19.6. The Morgan fingerprint density at radius 3 is 2.68 bits per heavy atom. The highest BCUT2D eigenvalue weighted by molar-refractivity contribution is 6.01. The maximum absolute atomic E-state index is 13.5. The molecule has 2 aliphatic heterocycles. The van der Waals surface area contributed by atoms with E-state index >= 15 is 0 Å². The van der Waals surface area contributed by atoms with Crippen molar-refractivity contribution < 1.29 is 14.6 Å². The molecule has 2 fully saturated rings. The van der Waals surface area contributed by atoms with Crippen LogP contribution in [0.5, 0.6) is 5.75 Å². The van der Waals surface area contributed by atoms with Crippen molar-refractivity contribution in [3.8, 4) is 5.75 Å². The number of carbonyl (C=O) groups is 1. The fourth-order valence-corrected chi connectivity index (χ4v) is 5.82. The highest BCUT2D eigenvalue weighted by Crippen LogP contribution is 2.34. The van der Waals surface area contributed by atoms with Gasteiger partial charge in [0.25, 0.3) is 5.91 Å². The van der Waals surface area contributed by atoms with E-state index in [4.69, 9.17) is 4.74 Å². The van der Waals surface area contributed by atoms with Crippen LogP contribution in [0.25, 0.3) is 10.9 Å². The monoisotopic (exact) mass is 460 g/mol. The number of phenolic OH excluding ortho intramolecular Hbond substituents is 1. The van der Waals surface area contributed by atoms with Crippen molar-refractivity contribution in [2.75, 3.05) is 31.2 Å². The lowest BCUT2D eigenvalue weighted by Crippen LogP contribution is -2.36. The van der Waals surface area contributed by atoms with Crippen LogP contribution in [0.4, 0.5) is 5.69 Å². The van der Waals surface area contributed by atoms with Gasteiger partial charge in [-0.3, -0.25) is 9.89 Å². The summed E-state index contributed by atoms with van der Waals surface area (Å²) in [4.78, 5) is 17.7. The van der Waals surface area contributed by atoms with E-state index in [1.165, 1.54) is 48.9 Å². The summed E-state index contributed by atoms with van der Waals surface area (Å²) in [6.07, 6.45) is 7.38. The largest absolute Gasteiger partial charge is 0.507 e.